The topological polar surface area (TPSA) is 99.3 Å². The molecular formula is C27H29N7O2S. The molecule has 7 rings (SSSR count). The number of fused-ring (bicyclic) bond motifs is 2. The fourth-order valence-electron chi connectivity index (χ4n) is 5.49. The van der Waals surface area contributed by atoms with Crippen molar-refractivity contribution in [2.24, 2.45) is 5.41 Å². The van der Waals surface area contributed by atoms with Gasteiger partial charge in [0, 0.05) is 44.1 Å². The van der Waals surface area contributed by atoms with Crippen molar-refractivity contribution in [3.63, 3.8) is 0 Å². The lowest BCUT2D eigenvalue weighted by molar-refractivity contribution is -0.137. The first-order valence-corrected chi connectivity index (χ1v) is 13.8. The first kappa shape index (κ1) is 22.8. The zero-order chi connectivity index (χ0) is 24.8. The largest absolute Gasteiger partial charge is 0.379 e. The molecule has 1 aromatic carbocycles. The normalized spacial score (nSPS) is 19.8. The molecule has 2 fully saturated rings. The van der Waals surface area contributed by atoms with Gasteiger partial charge < -0.3 is 19.9 Å². The van der Waals surface area contributed by atoms with E-state index >= 15 is 0 Å². The lowest BCUT2D eigenvalue weighted by Crippen LogP contribution is -2.47. The van der Waals surface area contributed by atoms with Crippen molar-refractivity contribution in [3.8, 4) is 0 Å². The highest BCUT2D eigenvalue weighted by molar-refractivity contribution is 7.16. The van der Waals surface area contributed by atoms with Gasteiger partial charge in [0.2, 0.25) is 5.91 Å². The number of morpholine rings is 1. The van der Waals surface area contributed by atoms with Crippen molar-refractivity contribution in [3.05, 3.63) is 47.9 Å². The van der Waals surface area contributed by atoms with Gasteiger partial charge in [-0.25, -0.2) is 15.0 Å². The van der Waals surface area contributed by atoms with E-state index in [-0.39, 0.29) is 5.41 Å². The summed E-state index contributed by atoms with van der Waals surface area (Å²) in [5.41, 5.74) is 6.71. The predicted molar refractivity (Wildman–Crippen MR) is 145 cm³/mol. The number of hydrogen-bond donors (Lipinski definition) is 2. The fourth-order valence-corrected chi connectivity index (χ4v) is 6.21. The minimum Gasteiger partial charge on any atom is -0.379 e. The highest BCUT2D eigenvalue weighted by Crippen LogP contribution is 2.48. The van der Waals surface area contributed by atoms with Gasteiger partial charge in [-0.15, -0.1) is 11.3 Å². The maximum Gasteiger partial charge on any atom is 0.230 e. The molecular weight excluding hydrogens is 486 g/mol. The number of amides is 1. The second kappa shape index (κ2) is 9.20. The highest BCUT2D eigenvalue weighted by atomic mass is 32.1. The van der Waals surface area contributed by atoms with Gasteiger partial charge in [0.25, 0.3) is 0 Å². The number of benzene rings is 1. The van der Waals surface area contributed by atoms with Crippen molar-refractivity contribution < 1.29 is 9.53 Å². The molecule has 2 aliphatic heterocycles. The van der Waals surface area contributed by atoms with Gasteiger partial charge in [-0.2, -0.15) is 0 Å². The van der Waals surface area contributed by atoms with Crippen LogP contribution >= 0.6 is 11.3 Å². The third-order valence-corrected chi connectivity index (χ3v) is 8.59. The maximum absolute atomic E-state index is 13.4. The van der Waals surface area contributed by atoms with Crippen LogP contribution in [0.2, 0.25) is 0 Å². The van der Waals surface area contributed by atoms with Gasteiger partial charge in [-0.3, -0.25) is 9.69 Å². The Bertz CT molecular complexity index is 1500. The summed E-state index contributed by atoms with van der Waals surface area (Å²) in [4.78, 5) is 34.7. The van der Waals surface area contributed by atoms with Crippen LogP contribution in [0.15, 0.2) is 42.2 Å². The van der Waals surface area contributed by atoms with Crippen LogP contribution in [0.25, 0.3) is 26.8 Å². The number of aromatic nitrogens is 4. The molecule has 0 spiro atoms. The number of hydrogen-bond acceptors (Lipinski definition) is 8. The molecule has 10 heteroatoms. The number of H-pyrrole nitrogens is 1. The predicted octanol–water partition coefficient (Wildman–Crippen LogP) is 4.04. The Kier molecular flexibility index (Phi) is 5.67. The van der Waals surface area contributed by atoms with E-state index in [1.165, 1.54) is 5.57 Å². The smallest absolute Gasteiger partial charge is 0.230 e. The summed E-state index contributed by atoms with van der Waals surface area (Å²) in [6, 6.07) is 8.24. The van der Waals surface area contributed by atoms with Crippen LogP contribution in [0.4, 0.5) is 11.5 Å². The van der Waals surface area contributed by atoms with Crippen LogP contribution in [0.1, 0.15) is 25.0 Å². The molecule has 1 aliphatic carbocycles. The third kappa shape index (κ3) is 4.39. The number of carbonyl (C=O) groups excluding carboxylic acids is 1. The monoisotopic (exact) mass is 515 g/mol. The first-order valence-electron chi connectivity index (χ1n) is 12.9. The summed E-state index contributed by atoms with van der Waals surface area (Å²) in [6.07, 6.45) is 6.60. The van der Waals surface area contributed by atoms with Gasteiger partial charge in [-0.05, 0) is 49.1 Å². The van der Waals surface area contributed by atoms with Crippen LogP contribution in [-0.2, 0) is 9.53 Å². The molecule has 3 aliphatic rings. The zero-order valence-corrected chi connectivity index (χ0v) is 21.4. The van der Waals surface area contributed by atoms with E-state index in [2.05, 4.69) is 48.4 Å². The summed E-state index contributed by atoms with van der Waals surface area (Å²) < 4.78 is 6.61. The number of anilines is 2. The number of nitrogens with zero attached hydrogens (tertiary/aromatic N) is 5. The third-order valence-electron chi connectivity index (χ3n) is 7.80. The molecule has 1 saturated carbocycles. The minimum absolute atomic E-state index is 0.178. The van der Waals surface area contributed by atoms with Crippen molar-refractivity contribution >= 4 is 55.6 Å². The van der Waals surface area contributed by atoms with E-state index < -0.39 is 0 Å². The molecule has 5 heterocycles. The molecule has 1 saturated heterocycles. The highest BCUT2D eigenvalue weighted by Gasteiger charge is 2.52. The van der Waals surface area contributed by atoms with Crippen LogP contribution in [0.3, 0.4) is 0 Å². The van der Waals surface area contributed by atoms with Crippen molar-refractivity contribution in [2.75, 3.05) is 51.3 Å². The van der Waals surface area contributed by atoms with Gasteiger partial charge in [-0.1, -0.05) is 6.08 Å². The van der Waals surface area contributed by atoms with Gasteiger partial charge in [0.15, 0.2) is 0 Å². The second-order valence-corrected chi connectivity index (χ2v) is 11.1. The van der Waals surface area contributed by atoms with Crippen LogP contribution < -0.4 is 5.32 Å². The van der Waals surface area contributed by atoms with E-state index in [9.17, 15) is 4.79 Å². The standard InChI is InChI=1S/C27H29N7O2S/c35-26(27(5-6-27)15-33-9-11-36-12-10-33)34-7-3-18(4-8-34)22-14-20-24(28-16-29-25(20)32-22)31-19-1-2-21-23(13-19)37-17-30-21/h1-3,13-14,16-17H,4-12,15H2,(H2,28,29,31,32). The zero-order valence-electron chi connectivity index (χ0n) is 20.6. The van der Waals surface area contributed by atoms with Gasteiger partial charge >= 0.3 is 0 Å². The minimum atomic E-state index is -0.178. The number of nitrogens with one attached hydrogen (secondary N) is 2. The summed E-state index contributed by atoms with van der Waals surface area (Å²) in [5, 5.41) is 4.40. The second-order valence-electron chi connectivity index (χ2n) is 10.2. The fraction of sp³-hybridized carbons (Fsp3) is 0.407. The number of aromatic amines is 1. The molecule has 1 amide bonds. The van der Waals surface area contributed by atoms with Crippen LogP contribution in [-0.4, -0.2) is 81.6 Å². The first-order chi connectivity index (χ1) is 18.2. The summed E-state index contributed by atoms with van der Waals surface area (Å²) in [5.74, 6) is 1.09. The molecule has 0 atom stereocenters. The number of rotatable bonds is 6. The van der Waals surface area contributed by atoms with Gasteiger partial charge in [0.05, 0.1) is 39.7 Å². The van der Waals surface area contributed by atoms with E-state index in [1.54, 1.807) is 17.7 Å². The SMILES string of the molecule is O=C(N1CC=C(c2cc3c(Nc4ccc5ncsc5c4)ncnc3[nH]2)CC1)C1(CN2CCOCC2)CC1. The lowest BCUT2D eigenvalue weighted by atomic mass is 10.00. The Balaban J connectivity index is 1.06. The Labute approximate surface area is 218 Å². The molecule has 0 unspecified atom stereocenters. The average molecular weight is 516 g/mol. The molecule has 3 aromatic heterocycles. The van der Waals surface area contributed by atoms with Crippen LogP contribution in [0.5, 0.6) is 0 Å². The van der Waals surface area contributed by atoms with E-state index in [1.807, 2.05) is 22.5 Å². The van der Waals surface area contributed by atoms with Gasteiger partial charge in [0.1, 0.15) is 17.8 Å². The molecule has 4 aromatic rings. The number of thiazole rings is 1. The average Bonchev–Trinajstić information content (AvgIpc) is 3.34. The molecule has 2 N–H and O–H groups in total. The number of ether oxygens (including phenoxy) is 1. The maximum atomic E-state index is 13.4. The number of carbonyl (C=O) groups is 1. The summed E-state index contributed by atoms with van der Waals surface area (Å²) in [6.45, 7) is 5.67. The van der Waals surface area contributed by atoms with E-state index in [4.69, 9.17) is 4.74 Å². The van der Waals surface area contributed by atoms with E-state index in [0.29, 0.717) is 12.5 Å². The van der Waals surface area contributed by atoms with Crippen molar-refractivity contribution in [1.82, 2.24) is 29.7 Å². The Morgan fingerprint density at radius 3 is 2.84 bits per heavy atom. The Hall–Kier alpha value is -3.34. The van der Waals surface area contributed by atoms with Crippen molar-refractivity contribution in [1.29, 1.82) is 0 Å². The quantitative estimate of drug-likeness (QED) is 0.400. The Morgan fingerprint density at radius 1 is 1.14 bits per heavy atom. The summed E-state index contributed by atoms with van der Waals surface area (Å²) >= 11 is 1.62. The molecule has 0 radical (unpaired) electrons. The molecule has 0 bridgehead atoms. The summed E-state index contributed by atoms with van der Waals surface area (Å²) in [7, 11) is 0. The van der Waals surface area contributed by atoms with Crippen molar-refractivity contribution in [2.45, 2.75) is 19.3 Å². The Morgan fingerprint density at radius 2 is 2.03 bits per heavy atom. The lowest BCUT2D eigenvalue weighted by Gasteiger charge is -2.34. The molecule has 37 heavy (non-hydrogen) atoms. The van der Waals surface area contributed by atoms with E-state index in [0.717, 1.165) is 97.1 Å². The molecule has 9 nitrogen and oxygen atoms in total. The van der Waals surface area contributed by atoms with Crippen LogP contribution in [0, 0.1) is 5.41 Å². The molecule has 190 valence electrons.